The second-order valence-corrected chi connectivity index (χ2v) is 10.3. The summed E-state index contributed by atoms with van der Waals surface area (Å²) in [6.07, 6.45) is 2.26. The average Bonchev–Trinajstić information content (AvgIpc) is 3.64. The number of aromatic nitrogens is 5. The molecule has 3 aromatic carbocycles. The minimum Gasteiger partial charge on any atom is -0.352 e. The smallest absolute Gasteiger partial charge is 0.235 e. The Morgan fingerprint density at radius 2 is 1.76 bits per heavy atom. The number of nitrogens with zero attached hydrogens (tertiary/aromatic N) is 5. The van der Waals surface area contributed by atoms with Crippen molar-refractivity contribution in [2.24, 2.45) is 0 Å². The van der Waals surface area contributed by atoms with E-state index in [0.717, 1.165) is 35.5 Å². The maximum atomic E-state index is 14.0. The van der Waals surface area contributed by atoms with Gasteiger partial charge >= 0.3 is 0 Å². The molecule has 0 saturated heterocycles. The molecule has 1 amide bonds. The van der Waals surface area contributed by atoms with E-state index in [9.17, 15) is 9.18 Å². The zero-order valence-corrected chi connectivity index (χ0v) is 22.7. The third-order valence-electron chi connectivity index (χ3n) is 7.45. The lowest BCUT2D eigenvalue weighted by atomic mass is 9.94. The van der Waals surface area contributed by atoms with Crippen molar-refractivity contribution in [2.45, 2.75) is 38.1 Å². The van der Waals surface area contributed by atoms with Gasteiger partial charge in [0.15, 0.2) is 0 Å². The number of amides is 1. The first-order chi connectivity index (χ1) is 20.1. The maximum Gasteiger partial charge on any atom is 0.235 e. The Hall–Kier alpha value is -4.92. The fraction of sp³-hybridized carbons (Fsp3) is 0.219. The summed E-state index contributed by atoms with van der Waals surface area (Å²) >= 11 is 0. The van der Waals surface area contributed by atoms with E-state index in [1.54, 1.807) is 6.07 Å². The van der Waals surface area contributed by atoms with Gasteiger partial charge in [0.2, 0.25) is 11.7 Å². The summed E-state index contributed by atoms with van der Waals surface area (Å²) < 4.78 is 14.0. The lowest BCUT2D eigenvalue weighted by Crippen LogP contribution is -2.28. The number of carbonyl (C=O) groups excluding carboxylic acids is 1. The van der Waals surface area contributed by atoms with Crippen LogP contribution < -0.4 is 10.2 Å². The van der Waals surface area contributed by atoms with Crippen molar-refractivity contribution in [2.75, 3.05) is 16.8 Å². The number of anilines is 2. The van der Waals surface area contributed by atoms with Crippen molar-refractivity contribution in [3.8, 4) is 22.6 Å². The summed E-state index contributed by atoms with van der Waals surface area (Å²) in [6, 6.07) is 28.1. The van der Waals surface area contributed by atoms with Crippen LogP contribution in [0.1, 0.15) is 37.3 Å². The molecule has 0 aliphatic heterocycles. The number of H-pyrrole nitrogens is 1. The molecular formula is C32H30FN7O. The van der Waals surface area contributed by atoms with E-state index in [2.05, 4.69) is 49.9 Å². The second-order valence-electron chi connectivity index (χ2n) is 10.3. The molecule has 0 bridgehead atoms. The Balaban J connectivity index is 1.42. The van der Waals surface area contributed by atoms with Crippen molar-refractivity contribution in [3.63, 3.8) is 0 Å². The Kier molecular flexibility index (Phi) is 7.24. The molecule has 41 heavy (non-hydrogen) atoms. The van der Waals surface area contributed by atoms with Crippen LogP contribution >= 0.6 is 0 Å². The van der Waals surface area contributed by atoms with Gasteiger partial charge in [0.05, 0.1) is 11.1 Å². The van der Waals surface area contributed by atoms with Crippen molar-refractivity contribution in [3.05, 3.63) is 108 Å². The van der Waals surface area contributed by atoms with Gasteiger partial charge in [0.1, 0.15) is 11.6 Å². The van der Waals surface area contributed by atoms with Crippen LogP contribution in [0.3, 0.4) is 0 Å². The van der Waals surface area contributed by atoms with E-state index < -0.39 is 5.41 Å². The van der Waals surface area contributed by atoms with Crippen LogP contribution in [0.2, 0.25) is 0 Å². The topological polar surface area (TPSA) is 99.7 Å². The van der Waals surface area contributed by atoms with E-state index in [1.807, 2.05) is 60.7 Å². The highest BCUT2D eigenvalue weighted by molar-refractivity contribution is 6.02. The number of nitrogens with one attached hydrogen (secondary N) is 2. The standard InChI is InChI=1S/C32H30FN7O/c1-2-17-40(21-22-9-4-3-5-10-22)29-20-25(34-31(41)32(15-16-32)23-11-8-12-24(33)18-23)19-28(35-29)26-13-6-7-14-27(26)30-36-38-39-37-30/h3-14,18-20H,2,15-17,21H2,1H3,(H,34,35,41)(H,36,37,38,39). The molecule has 0 radical (unpaired) electrons. The van der Waals surface area contributed by atoms with Crippen LogP contribution in [0, 0.1) is 5.82 Å². The predicted octanol–water partition coefficient (Wildman–Crippen LogP) is 6.15. The molecule has 1 aliphatic carbocycles. The van der Waals surface area contributed by atoms with E-state index >= 15 is 0 Å². The number of pyridine rings is 1. The Bertz CT molecular complexity index is 1650. The molecule has 206 valence electrons. The third-order valence-corrected chi connectivity index (χ3v) is 7.45. The third kappa shape index (κ3) is 5.56. The lowest BCUT2D eigenvalue weighted by Gasteiger charge is -2.25. The summed E-state index contributed by atoms with van der Waals surface area (Å²) in [5, 5.41) is 17.8. The van der Waals surface area contributed by atoms with Crippen LogP contribution in [0.5, 0.6) is 0 Å². The first kappa shape index (κ1) is 26.3. The van der Waals surface area contributed by atoms with Crippen LogP contribution in [-0.4, -0.2) is 38.1 Å². The molecular weight excluding hydrogens is 517 g/mol. The van der Waals surface area contributed by atoms with Crippen LogP contribution in [0.25, 0.3) is 22.6 Å². The first-order valence-electron chi connectivity index (χ1n) is 13.8. The first-order valence-corrected chi connectivity index (χ1v) is 13.8. The number of hydrogen-bond donors (Lipinski definition) is 2. The summed E-state index contributed by atoms with van der Waals surface area (Å²) in [6.45, 7) is 3.57. The maximum absolute atomic E-state index is 14.0. The molecule has 8 nitrogen and oxygen atoms in total. The Morgan fingerprint density at radius 1 is 0.976 bits per heavy atom. The van der Waals surface area contributed by atoms with Gasteiger partial charge in [-0.15, -0.1) is 10.2 Å². The molecule has 1 fully saturated rings. The highest BCUT2D eigenvalue weighted by Crippen LogP contribution is 2.49. The predicted molar refractivity (Wildman–Crippen MR) is 157 cm³/mol. The van der Waals surface area contributed by atoms with Crippen LogP contribution in [0.15, 0.2) is 91.0 Å². The van der Waals surface area contributed by atoms with E-state index in [0.29, 0.717) is 42.2 Å². The molecule has 2 aromatic heterocycles. The fourth-order valence-corrected chi connectivity index (χ4v) is 5.22. The monoisotopic (exact) mass is 547 g/mol. The molecule has 0 spiro atoms. The highest BCUT2D eigenvalue weighted by Gasteiger charge is 2.51. The Morgan fingerprint density at radius 3 is 2.46 bits per heavy atom. The zero-order chi connectivity index (χ0) is 28.2. The average molecular weight is 548 g/mol. The quantitative estimate of drug-likeness (QED) is 0.217. The molecule has 2 heterocycles. The van der Waals surface area contributed by atoms with Crippen molar-refractivity contribution >= 4 is 17.4 Å². The summed E-state index contributed by atoms with van der Waals surface area (Å²) in [5.41, 5.74) is 4.00. The van der Waals surface area contributed by atoms with E-state index in [1.165, 1.54) is 12.1 Å². The molecule has 5 aromatic rings. The van der Waals surface area contributed by atoms with Crippen molar-refractivity contribution in [1.29, 1.82) is 0 Å². The number of tetrazole rings is 1. The van der Waals surface area contributed by atoms with Gasteiger partial charge in [-0.05, 0) is 53.8 Å². The fourth-order valence-electron chi connectivity index (χ4n) is 5.22. The summed E-state index contributed by atoms with van der Waals surface area (Å²) in [4.78, 5) is 21.0. The number of hydrogen-bond acceptors (Lipinski definition) is 6. The Labute approximate surface area is 237 Å². The molecule has 1 aliphatic rings. The molecule has 0 unspecified atom stereocenters. The minimum atomic E-state index is -0.735. The molecule has 9 heteroatoms. The zero-order valence-electron chi connectivity index (χ0n) is 22.7. The highest BCUT2D eigenvalue weighted by atomic mass is 19.1. The van der Waals surface area contributed by atoms with Gasteiger partial charge in [-0.25, -0.2) is 9.37 Å². The van der Waals surface area contributed by atoms with E-state index in [-0.39, 0.29) is 11.7 Å². The summed E-state index contributed by atoms with van der Waals surface area (Å²) in [5.74, 6) is 0.699. The van der Waals surface area contributed by atoms with Gasteiger partial charge in [0, 0.05) is 36.0 Å². The number of carbonyl (C=O) groups is 1. The minimum absolute atomic E-state index is 0.150. The van der Waals surface area contributed by atoms with Gasteiger partial charge in [0.25, 0.3) is 0 Å². The van der Waals surface area contributed by atoms with Crippen molar-refractivity contribution in [1.82, 2.24) is 25.6 Å². The lowest BCUT2D eigenvalue weighted by molar-refractivity contribution is -0.118. The van der Waals surface area contributed by atoms with Crippen molar-refractivity contribution < 1.29 is 9.18 Å². The largest absolute Gasteiger partial charge is 0.352 e. The number of benzene rings is 3. The molecule has 1 saturated carbocycles. The van der Waals surface area contributed by atoms with Gasteiger partial charge < -0.3 is 10.2 Å². The number of rotatable bonds is 10. The SMILES string of the molecule is CCCN(Cc1ccccc1)c1cc(NC(=O)C2(c3cccc(F)c3)CC2)cc(-c2ccccc2-c2nn[nH]n2)n1. The normalized spacial score (nSPS) is 13.5. The van der Waals surface area contributed by atoms with Gasteiger partial charge in [-0.3, -0.25) is 4.79 Å². The number of halogens is 1. The molecule has 0 atom stereocenters. The van der Waals surface area contributed by atoms with Gasteiger partial charge in [-0.2, -0.15) is 5.21 Å². The number of aromatic amines is 1. The summed E-state index contributed by atoms with van der Waals surface area (Å²) in [7, 11) is 0. The molecule has 6 rings (SSSR count). The van der Waals surface area contributed by atoms with Crippen LogP contribution in [-0.2, 0) is 16.8 Å². The van der Waals surface area contributed by atoms with E-state index in [4.69, 9.17) is 4.98 Å². The van der Waals surface area contributed by atoms with Gasteiger partial charge in [-0.1, -0.05) is 73.7 Å². The van der Waals surface area contributed by atoms with Crippen LogP contribution in [0.4, 0.5) is 15.9 Å². The second kappa shape index (κ2) is 11.3. The molecule has 2 N–H and O–H groups in total.